The summed E-state index contributed by atoms with van der Waals surface area (Å²) in [7, 11) is 0. The molecule has 0 unspecified atom stereocenters. The van der Waals surface area contributed by atoms with Crippen LogP contribution in [-0.2, 0) is 9.59 Å². The van der Waals surface area contributed by atoms with E-state index in [1.54, 1.807) is 0 Å². The topological polar surface area (TPSA) is 172 Å². The summed E-state index contributed by atoms with van der Waals surface area (Å²) in [6.45, 7) is 0. The van der Waals surface area contributed by atoms with Gasteiger partial charge in [0.1, 0.15) is 22.8 Å². The number of nitrogens with one attached hydrogen (secondary N) is 1. The highest BCUT2D eigenvalue weighted by Crippen LogP contribution is 2.15. The number of nitrogens with zero attached hydrogens (tertiary/aromatic N) is 3. The van der Waals surface area contributed by atoms with Gasteiger partial charge >= 0.3 is 17.6 Å². The summed E-state index contributed by atoms with van der Waals surface area (Å²) >= 11 is 0. The van der Waals surface area contributed by atoms with Crippen LogP contribution in [0.15, 0.2) is 47.3 Å². The normalized spacial score (nSPS) is 11.7. The van der Waals surface area contributed by atoms with Gasteiger partial charge in [0.25, 0.3) is 5.91 Å². The lowest BCUT2D eigenvalue weighted by molar-refractivity contribution is -0.140. The van der Waals surface area contributed by atoms with Crippen LogP contribution in [0.1, 0.15) is 23.2 Å². The summed E-state index contributed by atoms with van der Waals surface area (Å²) in [5.74, 6) is -3.26. The third kappa shape index (κ3) is 4.58. The maximum Gasteiger partial charge on any atom is 0.369 e. The molecule has 0 saturated carbocycles. The Morgan fingerprint density at radius 2 is 1.73 bits per heavy atom. The number of hydrogen-bond acceptors (Lipinski definition) is 7. The van der Waals surface area contributed by atoms with Crippen molar-refractivity contribution in [2.24, 2.45) is 0 Å². The van der Waals surface area contributed by atoms with Crippen molar-refractivity contribution in [2.45, 2.75) is 18.9 Å². The van der Waals surface area contributed by atoms with Gasteiger partial charge < -0.3 is 20.6 Å². The van der Waals surface area contributed by atoms with Crippen molar-refractivity contribution in [3.63, 3.8) is 0 Å². The van der Waals surface area contributed by atoms with Crippen LogP contribution in [0.25, 0.3) is 16.7 Å². The van der Waals surface area contributed by atoms with Gasteiger partial charge in [0, 0.05) is 18.1 Å². The van der Waals surface area contributed by atoms with E-state index in [2.05, 4.69) is 15.4 Å². The third-order valence-corrected chi connectivity index (χ3v) is 4.19. The summed E-state index contributed by atoms with van der Waals surface area (Å²) in [6, 6.07) is 8.48. The summed E-state index contributed by atoms with van der Waals surface area (Å²) < 4.78 is 1.02. The predicted molar refractivity (Wildman–Crippen MR) is 103 cm³/mol. The van der Waals surface area contributed by atoms with E-state index in [1.807, 2.05) is 0 Å². The Bertz CT molecular complexity index is 1190. The van der Waals surface area contributed by atoms with E-state index in [1.165, 1.54) is 42.5 Å². The van der Waals surface area contributed by atoms with Crippen LogP contribution in [0, 0.1) is 0 Å². The number of rotatable bonds is 7. The van der Waals surface area contributed by atoms with Crippen molar-refractivity contribution in [3.8, 4) is 11.4 Å². The summed E-state index contributed by atoms with van der Waals surface area (Å²) in [5, 5.41) is 33.7. The molecule has 11 nitrogen and oxygen atoms in total. The van der Waals surface area contributed by atoms with Gasteiger partial charge in [0.2, 0.25) is 0 Å². The highest BCUT2D eigenvalue weighted by atomic mass is 16.4. The number of aromatic nitrogens is 3. The van der Waals surface area contributed by atoms with Crippen molar-refractivity contribution in [1.29, 1.82) is 0 Å². The fourth-order valence-corrected chi connectivity index (χ4v) is 2.68. The molecule has 0 bridgehead atoms. The molecule has 0 aliphatic heterocycles. The van der Waals surface area contributed by atoms with Crippen molar-refractivity contribution >= 4 is 28.9 Å². The lowest BCUT2D eigenvalue weighted by atomic mass is 10.1. The smallest absolute Gasteiger partial charge is 0.369 e. The van der Waals surface area contributed by atoms with Crippen LogP contribution >= 0.6 is 0 Å². The van der Waals surface area contributed by atoms with Gasteiger partial charge in [-0.25, -0.2) is 9.59 Å². The second kappa shape index (κ2) is 8.39. The Morgan fingerprint density at radius 3 is 2.37 bits per heavy atom. The minimum absolute atomic E-state index is 0.0488. The van der Waals surface area contributed by atoms with E-state index >= 15 is 0 Å². The molecule has 1 atom stereocenters. The number of phenols is 1. The summed E-state index contributed by atoms with van der Waals surface area (Å²) in [4.78, 5) is 50.2. The van der Waals surface area contributed by atoms with Crippen LogP contribution < -0.4 is 11.0 Å². The van der Waals surface area contributed by atoms with Crippen LogP contribution in [-0.4, -0.2) is 54.0 Å². The molecule has 1 aromatic heterocycles. The lowest BCUT2D eigenvalue weighted by Crippen LogP contribution is -2.41. The highest BCUT2D eigenvalue weighted by Gasteiger charge is 2.21. The summed E-state index contributed by atoms with van der Waals surface area (Å²) in [5.41, 5.74) is 0.349. The van der Waals surface area contributed by atoms with Gasteiger partial charge in [0.05, 0.1) is 5.69 Å². The Kier molecular flexibility index (Phi) is 5.72. The largest absolute Gasteiger partial charge is 0.508 e. The van der Waals surface area contributed by atoms with Gasteiger partial charge in [-0.2, -0.15) is 14.8 Å². The minimum Gasteiger partial charge on any atom is -0.508 e. The first-order valence-electron chi connectivity index (χ1n) is 8.70. The van der Waals surface area contributed by atoms with Crippen LogP contribution in [0.3, 0.4) is 0 Å². The fraction of sp³-hybridized carbons (Fsp3) is 0.158. The predicted octanol–water partition coefficient (Wildman–Crippen LogP) is 0.534. The van der Waals surface area contributed by atoms with E-state index in [4.69, 9.17) is 10.2 Å². The zero-order valence-electron chi connectivity index (χ0n) is 15.3. The van der Waals surface area contributed by atoms with Gasteiger partial charge in [-0.05, 0) is 42.8 Å². The molecule has 2 aromatic carbocycles. The molecule has 0 radical (unpaired) electrons. The quantitative estimate of drug-likeness (QED) is 0.432. The standard InChI is InChI=1S/C19H16N4O7/c24-12-5-6-13-15(9-12)21-19(30)23(22-13)11-3-1-10(2-4-11)17(27)20-14(18(28)29)7-8-16(25)26/h1-6,9,14,24H,7-8H2,(H,20,27)(H,25,26)(H,28,29)/t14-/m1/s1. The number of carboxylic acid groups (broad SMARTS) is 2. The van der Waals surface area contributed by atoms with E-state index < -0.39 is 36.0 Å². The zero-order valence-corrected chi connectivity index (χ0v) is 15.3. The molecule has 11 heteroatoms. The van der Waals surface area contributed by atoms with Crippen molar-refractivity contribution in [3.05, 3.63) is 58.5 Å². The van der Waals surface area contributed by atoms with E-state index in [0.29, 0.717) is 11.2 Å². The maximum absolute atomic E-state index is 12.3. The Balaban J connectivity index is 1.81. The van der Waals surface area contributed by atoms with Crippen molar-refractivity contribution < 1.29 is 29.7 Å². The first-order valence-corrected chi connectivity index (χ1v) is 8.70. The molecule has 0 saturated heterocycles. The molecule has 154 valence electrons. The number of carbonyl (C=O) groups excluding carboxylic acids is 1. The average Bonchev–Trinajstić information content (AvgIpc) is 2.70. The number of phenolic OH excluding ortho intramolecular Hbond substituents is 1. The summed E-state index contributed by atoms with van der Waals surface area (Å²) in [6.07, 6.45) is -0.663. The molecule has 30 heavy (non-hydrogen) atoms. The van der Waals surface area contributed by atoms with Gasteiger partial charge in [-0.3, -0.25) is 9.59 Å². The molecule has 1 amide bonds. The van der Waals surface area contributed by atoms with Crippen molar-refractivity contribution in [2.75, 3.05) is 0 Å². The molecule has 0 spiro atoms. The molecule has 0 aliphatic rings. The monoisotopic (exact) mass is 412 g/mol. The fourth-order valence-electron chi connectivity index (χ4n) is 2.68. The van der Waals surface area contributed by atoms with Crippen LogP contribution in [0.2, 0.25) is 0 Å². The van der Waals surface area contributed by atoms with E-state index in [0.717, 1.165) is 4.68 Å². The second-order valence-corrected chi connectivity index (χ2v) is 6.32. The van der Waals surface area contributed by atoms with Crippen LogP contribution in [0.5, 0.6) is 5.75 Å². The molecule has 1 heterocycles. The Morgan fingerprint density at radius 1 is 1.03 bits per heavy atom. The number of aromatic hydroxyl groups is 1. The second-order valence-electron chi connectivity index (χ2n) is 6.32. The first kappa shape index (κ1) is 20.5. The van der Waals surface area contributed by atoms with Gasteiger partial charge in [-0.1, -0.05) is 0 Å². The maximum atomic E-state index is 12.3. The third-order valence-electron chi connectivity index (χ3n) is 4.19. The number of benzene rings is 2. The molecular formula is C19H16N4O7. The molecule has 0 fully saturated rings. The van der Waals surface area contributed by atoms with Gasteiger partial charge in [-0.15, -0.1) is 0 Å². The number of carbonyl (C=O) groups is 3. The molecule has 0 aliphatic carbocycles. The molecular weight excluding hydrogens is 396 g/mol. The minimum atomic E-state index is -1.35. The number of carboxylic acids is 2. The molecule has 3 aromatic rings. The van der Waals surface area contributed by atoms with E-state index in [-0.39, 0.29) is 23.3 Å². The number of fused-ring (bicyclic) bond motifs is 1. The average molecular weight is 412 g/mol. The Hall–Kier alpha value is -4.28. The SMILES string of the molecule is O=C(O)CC[C@@H](NC(=O)c1ccc(-n2nc3ccc(O)cc3nc2=O)cc1)C(=O)O. The number of amides is 1. The molecule has 4 N–H and O–H groups in total. The van der Waals surface area contributed by atoms with Gasteiger partial charge in [0.15, 0.2) is 0 Å². The van der Waals surface area contributed by atoms with Crippen molar-refractivity contribution in [1.82, 2.24) is 20.1 Å². The zero-order chi connectivity index (χ0) is 21.8. The van der Waals surface area contributed by atoms with Crippen LogP contribution in [0.4, 0.5) is 0 Å². The lowest BCUT2D eigenvalue weighted by Gasteiger charge is -2.13. The highest BCUT2D eigenvalue weighted by molar-refractivity contribution is 5.96. The number of hydrogen-bond donors (Lipinski definition) is 4. The Labute approximate surface area is 168 Å². The first-order chi connectivity index (χ1) is 14.2. The number of aliphatic carboxylic acids is 2. The van der Waals surface area contributed by atoms with E-state index in [9.17, 15) is 24.3 Å². The molecule has 3 rings (SSSR count).